The molecule has 1 saturated carbocycles. The van der Waals surface area contributed by atoms with E-state index in [-0.39, 0.29) is 18.4 Å². The SMILES string of the molecule is Cc1cccc2c1N(Cc1cnc[nH]1)C(=O)[C@H](NC(=O)Nc1cccc(-c3nn[nH]n3)c1)N=C2C1CCCCC1. The number of nitrogens with one attached hydrogen (secondary N) is 4. The molecule has 0 bridgehead atoms. The molecule has 2 aromatic carbocycles. The van der Waals surface area contributed by atoms with E-state index in [0.717, 1.165) is 53.9 Å². The lowest BCUT2D eigenvalue weighted by atomic mass is 9.82. The molecule has 4 aromatic rings. The van der Waals surface area contributed by atoms with Crippen LogP contribution >= 0.6 is 0 Å². The average molecular weight is 539 g/mol. The van der Waals surface area contributed by atoms with E-state index in [1.807, 2.05) is 31.2 Å². The van der Waals surface area contributed by atoms with Gasteiger partial charge in [-0.25, -0.2) is 9.78 Å². The Kier molecular flexibility index (Phi) is 7.04. The van der Waals surface area contributed by atoms with E-state index in [1.54, 1.807) is 35.6 Å². The highest BCUT2D eigenvalue weighted by molar-refractivity contribution is 6.14. The van der Waals surface area contributed by atoms with E-state index < -0.39 is 12.2 Å². The number of hydrogen-bond acceptors (Lipinski definition) is 7. The predicted molar refractivity (Wildman–Crippen MR) is 150 cm³/mol. The number of para-hydroxylation sites is 1. The number of fused-ring (bicyclic) bond motifs is 1. The van der Waals surface area contributed by atoms with Crippen molar-refractivity contribution in [3.8, 4) is 11.4 Å². The number of imidazole rings is 1. The molecule has 2 aliphatic rings. The minimum absolute atomic E-state index is 0.216. The van der Waals surface area contributed by atoms with Crippen LogP contribution in [0.25, 0.3) is 11.4 Å². The van der Waals surface area contributed by atoms with E-state index in [4.69, 9.17) is 4.99 Å². The number of carbonyl (C=O) groups excluding carboxylic acids is 2. The van der Waals surface area contributed by atoms with Gasteiger partial charge >= 0.3 is 6.03 Å². The van der Waals surface area contributed by atoms with Crippen molar-refractivity contribution in [1.29, 1.82) is 0 Å². The van der Waals surface area contributed by atoms with Gasteiger partial charge in [0.2, 0.25) is 12.0 Å². The second kappa shape index (κ2) is 11.1. The zero-order chi connectivity index (χ0) is 27.5. The van der Waals surface area contributed by atoms with Crippen LogP contribution in [-0.4, -0.2) is 54.4 Å². The van der Waals surface area contributed by atoms with Gasteiger partial charge < -0.3 is 20.5 Å². The van der Waals surface area contributed by atoms with Crippen molar-refractivity contribution in [2.24, 2.45) is 10.9 Å². The Morgan fingerprint density at radius 3 is 2.75 bits per heavy atom. The summed E-state index contributed by atoms with van der Waals surface area (Å²) >= 11 is 0. The molecule has 3 amide bonds. The summed E-state index contributed by atoms with van der Waals surface area (Å²) in [6.45, 7) is 2.28. The second-order valence-electron chi connectivity index (χ2n) is 10.1. The Balaban J connectivity index is 1.33. The number of tetrazole rings is 1. The topological polar surface area (TPSA) is 157 Å². The first kappa shape index (κ1) is 25.4. The van der Waals surface area contributed by atoms with Gasteiger partial charge in [-0.15, -0.1) is 10.2 Å². The lowest BCUT2D eigenvalue weighted by Gasteiger charge is -2.27. The first-order chi connectivity index (χ1) is 19.6. The van der Waals surface area contributed by atoms with Gasteiger partial charge in [-0.3, -0.25) is 9.79 Å². The number of benzodiazepines with no additional fused rings is 1. The van der Waals surface area contributed by atoms with E-state index in [0.29, 0.717) is 17.1 Å². The number of hydrogen-bond donors (Lipinski definition) is 4. The molecule has 0 unspecified atom stereocenters. The predicted octanol–water partition coefficient (Wildman–Crippen LogP) is 3.96. The molecule has 4 N–H and O–H groups in total. The summed E-state index contributed by atoms with van der Waals surface area (Å²) in [6.07, 6.45) is 7.62. The number of aliphatic imine (C=N–C) groups is 1. The molecule has 12 nitrogen and oxygen atoms in total. The van der Waals surface area contributed by atoms with Crippen LogP contribution in [0.2, 0.25) is 0 Å². The fraction of sp³-hybridized carbons (Fsp3) is 0.321. The fourth-order valence-corrected chi connectivity index (χ4v) is 5.55. The third-order valence-electron chi connectivity index (χ3n) is 7.42. The van der Waals surface area contributed by atoms with Crippen molar-refractivity contribution >= 4 is 29.0 Å². The van der Waals surface area contributed by atoms with Gasteiger partial charge in [0.1, 0.15) is 0 Å². The van der Waals surface area contributed by atoms with Crippen LogP contribution in [0.4, 0.5) is 16.2 Å². The molecular weight excluding hydrogens is 508 g/mol. The molecule has 1 fully saturated rings. The monoisotopic (exact) mass is 538 g/mol. The number of urea groups is 1. The summed E-state index contributed by atoms with van der Waals surface area (Å²) < 4.78 is 0. The smallest absolute Gasteiger partial charge is 0.321 e. The molecule has 0 radical (unpaired) electrons. The van der Waals surface area contributed by atoms with Crippen LogP contribution in [0.3, 0.4) is 0 Å². The van der Waals surface area contributed by atoms with Crippen molar-refractivity contribution in [1.82, 2.24) is 35.9 Å². The van der Waals surface area contributed by atoms with Gasteiger partial charge in [0.05, 0.1) is 30.0 Å². The summed E-state index contributed by atoms with van der Waals surface area (Å²) in [5.74, 6) is 0.312. The van der Waals surface area contributed by atoms with Gasteiger partial charge in [-0.1, -0.05) is 49.6 Å². The Morgan fingerprint density at radius 1 is 1.12 bits per heavy atom. The summed E-state index contributed by atoms with van der Waals surface area (Å²) in [6, 6.07) is 12.6. The number of aryl methyl sites for hydroxylation is 1. The molecule has 204 valence electrons. The highest BCUT2D eigenvalue weighted by atomic mass is 16.2. The van der Waals surface area contributed by atoms with Gasteiger partial charge in [-0.05, 0) is 42.7 Å². The number of anilines is 2. The highest BCUT2D eigenvalue weighted by Gasteiger charge is 2.36. The molecule has 0 spiro atoms. The third-order valence-corrected chi connectivity index (χ3v) is 7.42. The Hall–Kier alpha value is -4.87. The average Bonchev–Trinajstić information content (AvgIpc) is 3.68. The molecular formula is C28H30N10O2. The first-order valence-electron chi connectivity index (χ1n) is 13.4. The van der Waals surface area contributed by atoms with E-state index in [1.165, 1.54) is 6.42 Å². The number of nitrogens with zero attached hydrogens (tertiary/aromatic N) is 6. The molecule has 3 heterocycles. The highest BCUT2D eigenvalue weighted by Crippen LogP contribution is 2.36. The molecule has 1 atom stereocenters. The maximum Gasteiger partial charge on any atom is 0.321 e. The van der Waals surface area contributed by atoms with E-state index in [2.05, 4.69) is 41.2 Å². The van der Waals surface area contributed by atoms with E-state index >= 15 is 0 Å². The van der Waals surface area contributed by atoms with Crippen LogP contribution in [0.5, 0.6) is 0 Å². The van der Waals surface area contributed by atoms with Crippen LogP contribution in [0.15, 0.2) is 60.0 Å². The van der Waals surface area contributed by atoms with Crippen molar-refractivity contribution in [2.45, 2.75) is 51.7 Å². The lowest BCUT2D eigenvalue weighted by Crippen LogP contribution is -2.48. The molecule has 40 heavy (non-hydrogen) atoms. The number of rotatable bonds is 6. The zero-order valence-electron chi connectivity index (χ0n) is 22.1. The summed E-state index contributed by atoms with van der Waals surface area (Å²) in [5, 5.41) is 19.7. The van der Waals surface area contributed by atoms with Crippen molar-refractivity contribution in [3.63, 3.8) is 0 Å². The fourth-order valence-electron chi connectivity index (χ4n) is 5.55. The quantitative estimate of drug-likeness (QED) is 0.291. The Morgan fingerprint density at radius 2 is 1.98 bits per heavy atom. The molecule has 1 aliphatic carbocycles. The molecule has 2 aromatic heterocycles. The van der Waals surface area contributed by atoms with Crippen LogP contribution < -0.4 is 15.5 Å². The van der Waals surface area contributed by atoms with Crippen LogP contribution in [0.1, 0.15) is 48.9 Å². The molecule has 12 heteroatoms. The van der Waals surface area contributed by atoms with Gasteiger partial charge in [0.15, 0.2) is 0 Å². The standard InChI is InChI=1S/C28H30N10O2/c1-17-7-5-12-22-23(18-8-3-2-4-9-18)32-26(27(39)38(24(17)22)15-21-14-29-16-30-21)33-28(40)31-20-11-6-10-19(13-20)25-34-36-37-35-25/h5-7,10-14,16,18,26H,2-4,8-9,15H2,1H3,(H,29,30)(H2,31,33,40)(H,34,35,36,37)/t26-/m0/s1. The van der Waals surface area contributed by atoms with Gasteiger partial charge in [0.25, 0.3) is 5.91 Å². The number of H-pyrrole nitrogens is 2. The Labute approximate surface area is 230 Å². The van der Waals surface area contributed by atoms with Crippen molar-refractivity contribution in [3.05, 3.63) is 71.8 Å². The minimum atomic E-state index is -1.10. The Bertz CT molecular complexity index is 1520. The number of benzene rings is 2. The minimum Gasteiger partial charge on any atom is -0.347 e. The van der Waals surface area contributed by atoms with Crippen molar-refractivity contribution < 1.29 is 9.59 Å². The van der Waals surface area contributed by atoms with Crippen LogP contribution in [0, 0.1) is 12.8 Å². The maximum atomic E-state index is 14.1. The first-order valence-corrected chi connectivity index (χ1v) is 13.4. The number of aromatic amines is 2. The summed E-state index contributed by atoms with van der Waals surface area (Å²) in [7, 11) is 0. The summed E-state index contributed by atoms with van der Waals surface area (Å²) in [4.78, 5) is 41.3. The van der Waals surface area contributed by atoms with Gasteiger partial charge in [0, 0.05) is 28.9 Å². The number of aromatic nitrogens is 6. The van der Waals surface area contributed by atoms with Crippen molar-refractivity contribution in [2.75, 3.05) is 10.2 Å². The second-order valence-corrected chi connectivity index (χ2v) is 10.1. The normalized spacial score (nSPS) is 17.6. The molecule has 6 rings (SSSR count). The largest absolute Gasteiger partial charge is 0.347 e. The third kappa shape index (κ3) is 5.20. The van der Waals surface area contributed by atoms with Gasteiger partial charge in [-0.2, -0.15) is 5.21 Å². The number of carbonyl (C=O) groups is 2. The zero-order valence-corrected chi connectivity index (χ0v) is 22.1. The molecule has 0 saturated heterocycles. The maximum absolute atomic E-state index is 14.1. The van der Waals surface area contributed by atoms with E-state index in [9.17, 15) is 9.59 Å². The van der Waals surface area contributed by atoms with Crippen LogP contribution in [-0.2, 0) is 11.3 Å². The lowest BCUT2D eigenvalue weighted by molar-refractivity contribution is -0.120. The number of amides is 3. The molecule has 1 aliphatic heterocycles. The summed E-state index contributed by atoms with van der Waals surface area (Å²) in [5.41, 5.74) is 5.60.